The van der Waals surface area contributed by atoms with Crippen LogP contribution in [0.2, 0.25) is 0 Å². The van der Waals surface area contributed by atoms with Gasteiger partial charge in [-0.3, -0.25) is 4.68 Å². The number of hydrogen-bond donors (Lipinski definition) is 0. The lowest BCUT2D eigenvalue weighted by molar-refractivity contribution is 0.565. The van der Waals surface area contributed by atoms with Crippen LogP contribution < -0.4 is 0 Å². The van der Waals surface area contributed by atoms with Crippen molar-refractivity contribution in [1.29, 1.82) is 0 Å². The molecule has 1 aromatic heterocycles. The highest BCUT2D eigenvalue weighted by Gasteiger charge is 2.02. The Hall–Kier alpha value is -1.57. The fourth-order valence-electron chi connectivity index (χ4n) is 1.89. The first-order chi connectivity index (χ1) is 8.16. The van der Waals surface area contributed by atoms with Gasteiger partial charge in [0.2, 0.25) is 0 Å². The van der Waals surface area contributed by atoms with E-state index in [0.717, 1.165) is 24.9 Å². The van der Waals surface area contributed by atoms with Crippen LogP contribution >= 0.6 is 0 Å². The van der Waals surface area contributed by atoms with Crippen LogP contribution in [0.1, 0.15) is 26.7 Å². The van der Waals surface area contributed by atoms with Crippen LogP contribution in [0.5, 0.6) is 0 Å². The monoisotopic (exact) mass is 228 g/mol. The van der Waals surface area contributed by atoms with Gasteiger partial charge in [-0.05, 0) is 24.8 Å². The van der Waals surface area contributed by atoms with Crippen LogP contribution in [0.3, 0.4) is 0 Å². The molecular weight excluding hydrogens is 208 g/mol. The highest BCUT2D eigenvalue weighted by Crippen LogP contribution is 2.15. The van der Waals surface area contributed by atoms with Crippen LogP contribution in [0, 0.1) is 5.92 Å². The lowest BCUT2D eigenvalue weighted by atomic mass is 10.0. The lowest BCUT2D eigenvalue weighted by Crippen LogP contribution is -2.00. The van der Waals surface area contributed by atoms with E-state index in [1.54, 1.807) is 0 Å². The molecule has 0 spiro atoms. The van der Waals surface area contributed by atoms with E-state index < -0.39 is 0 Å². The smallest absolute Gasteiger partial charge is 0.0923 e. The molecule has 2 aromatic rings. The predicted molar refractivity (Wildman–Crippen MR) is 72.9 cm³/mol. The SMILES string of the molecule is C=C(CCCn1cc2ccccc2n1)C(C)C. The Morgan fingerprint density at radius 1 is 1.35 bits per heavy atom. The molecule has 2 heteroatoms. The fourth-order valence-corrected chi connectivity index (χ4v) is 1.89. The van der Waals surface area contributed by atoms with Gasteiger partial charge in [-0.15, -0.1) is 0 Å². The second kappa shape index (κ2) is 5.17. The molecule has 0 atom stereocenters. The second-order valence-corrected chi connectivity index (χ2v) is 4.87. The summed E-state index contributed by atoms with van der Waals surface area (Å²) in [5.41, 5.74) is 2.41. The maximum absolute atomic E-state index is 4.54. The molecule has 0 aliphatic rings. The summed E-state index contributed by atoms with van der Waals surface area (Å²) in [6, 6.07) is 8.24. The molecule has 90 valence electrons. The molecule has 0 saturated heterocycles. The third-order valence-electron chi connectivity index (χ3n) is 3.16. The van der Waals surface area contributed by atoms with Crippen molar-refractivity contribution in [2.45, 2.75) is 33.2 Å². The minimum atomic E-state index is 0.590. The van der Waals surface area contributed by atoms with Gasteiger partial charge in [0.1, 0.15) is 0 Å². The van der Waals surface area contributed by atoms with Gasteiger partial charge in [0.05, 0.1) is 5.52 Å². The van der Waals surface area contributed by atoms with E-state index >= 15 is 0 Å². The van der Waals surface area contributed by atoms with Gasteiger partial charge in [0.15, 0.2) is 0 Å². The zero-order valence-electron chi connectivity index (χ0n) is 10.7. The number of rotatable bonds is 5. The Balaban J connectivity index is 1.93. The first-order valence-electron chi connectivity index (χ1n) is 6.26. The van der Waals surface area contributed by atoms with Crippen LogP contribution in [0.4, 0.5) is 0 Å². The molecule has 0 radical (unpaired) electrons. The average molecular weight is 228 g/mol. The second-order valence-electron chi connectivity index (χ2n) is 4.87. The van der Waals surface area contributed by atoms with Crippen molar-refractivity contribution in [1.82, 2.24) is 9.78 Å². The molecule has 0 N–H and O–H groups in total. The van der Waals surface area contributed by atoms with E-state index in [4.69, 9.17) is 0 Å². The van der Waals surface area contributed by atoms with Gasteiger partial charge < -0.3 is 0 Å². The summed E-state index contributed by atoms with van der Waals surface area (Å²) in [7, 11) is 0. The topological polar surface area (TPSA) is 17.8 Å². The number of aromatic nitrogens is 2. The maximum Gasteiger partial charge on any atom is 0.0923 e. The van der Waals surface area contributed by atoms with Gasteiger partial charge in [-0.25, -0.2) is 0 Å². The number of allylic oxidation sites excluding steroid dienone is 1. The van der Waals surface area contributed by atoms with Crippen molar-refractivity contribution in [3.63, 3.8) is 0 Å². The Morgan fingerprint density at radius 3 is 2.82 bits per heavy atom. The summed E-state index contributed by atoms with van der Waals surface area (Å²) >= 11 is 0. The molecule has 0 fully saturated rings. The minimum Gasteiger partial charge on any atom is -0.272 e. The van der Waals surface area contributed by atoms with Crippen molar-refractivity contribution < 1.29 is 0 Å². The van der Waals surface area contributed by atoms with E-state index in [1.807, 2.05) is 10.7 Å². The molecule has 0 amide bonds. The van der Waals surface area contributed by atoms with Crippen molar-refractivity contribution in [3.05, 3.63) is 42.6 Å². The highest BCUT2D eigenvalue weighted by atomic mass is 15.3. The average Bonchev–Trinajstić information content (AvgIpc) is 2.71. The molecule has 1 aromatic carbocycles. The molecule has 1 heterocycles. The summed E-state index contributed by atoms with van der Waals surface area (Å²) in [4.78, 5) is 0. The minimum absolute atomic E-state index is 0.590. The largest absolute Gasteiger partial charge is 0.272 e. The van der Waals surface area contributed by atoms with Gasteiger partial charge in [0.25, 0.3) is 0 Å². The van der Waals surface area contributed by atoms with Crippen molar-refractivity contribution in [2.75, 3.05) is 0 Å². The van der Waals surface area contributed by atoms with Crippen LogP contribution in [0.15, 0.2) is 42.6 Å². The van der Waals surface area contributed by atoms with Crippen LogP contribution in [-0.2, 0) is 6.54 Å². The highest BCUT2D eigenvalue weighted by molar-refractivity contribution is 5.77. The van der Waals surface area contributed by atoms with Crippen LogP contribution in [-0.4, -0.2) is 9.78 Å². The normalized spacial score (nSPS) is 11.2. The standard InChI is InChI=1S/C15H20N2/c1-12(2)13(3)7-6-10-17-11-14-8-4-5-9-15(14)16-17/h4-5,8-9,11-12H,3,6-7,10H2,1-2H3. The first kappa shape index (κ1) is 11.9. The molecular formula is C15H20N2. The van der Waals surface area contributed by atoms with E-state index in [-0.39, 0.29) is 0 Å². The Labute approximate surface area is 103 Å². The van der Waals surface area contributed by atoms with E-state index in [9.17, 15) is 0 Å². The van der Waals surface area contributed by atoms with Crippen molar-refractivity contribution in [2.24, 2.45) is 5.92 Å². The summed E-state index contributed by atoms with van der Waals surface area (Å²) in [5, 5.41) is 5.76. The summed E-state index contributed by atoms with van der Waals surface area (Å²) in [6.45, 7) is 9.47. The van der Waals surface area contributed by atoms with E-state index in [1.165, 1.54) is 11.0 Å². The number of benzene rings is 1. The Bertz CT molecular complexity index is 475. The zero-order chi connectivity index (χ0) is 12.3. The Morgan fingerprint density at radius 2 is 2.12 bits per heavy atom. The van der Waals surface area contributed by atoms with Gasteiger partial charge in [0, 0.05) is 18.1 Å². The maximum atomic E-state index is 4.54. The molecule has 0 unspecified atom stereocenters. The quantitative estimate of drug-likeness (QED) is 0.706. The third kappa shape index (κ3) is 2.96. The Kier molecular flexibility index (Phi) is 3.62. The predicted octanol–water partition coefficient (Wildman–Crippen LogP) is 4.03. The summed E-state index contributed by atoms with van der Waals surface area (Å²) in [6.07, 6.45) is 4.33. The number of nitrogens with zero attached hydrogens (tertiary/aromatic N) is 2. The number of hydrogen-bond acceptors (Lipinski definition) is 1. The summed E-state index contributed by atoms with van der Waals surface area (Å²) < 4.78 is 2.04. The van der Waals surface area contributed by atoms with E-state index in [2.05, 4.69) is 49.9 Å². The van der Waals surface area contributed by atoms with Crippen LogP contribution in [0.25, 0.3) is 10.9 Å². The van der Waals surface area contributed by atoms with E-state index in [0.29, 0.717) is 5.92 Å². The summed E-state index contributed by atoms with van der Waals surface area (Å²) in [5.74, 6) is 0.590. The third-order valence-corrected chi connectivity index (χ3v) is 3.16. The van der Waals surface area contributed by atoms with Crippen molar-refractivity contribution >= 4 is 10.9 Å². The molecule has 0 aliphatic heterocycles. The fraction of sp³-hybridized carbons (Fsp3) is 0.400. The molecule has 0 aliphatic carbocycles. The van der Waals surface area contributed by atoms with Gasteiger partial charge in [-0.2, -0.15) is 5.10 Å². The van der Waals surface area contributed by atoms with Gasteiger partial charge in [-0.1, -0.05) is 44.2 Å². The molecule has 2 nitrogen and oxygen atoms in total. The number of aryl methyl sites for hydroxylation is 1. The number of fused-ring (bicyclic) bond motifs is 1. The molecule has 2 rings (SSSR count). The first-order valence-corrected chi connectivity index (χ1v) is 6.26. The lowest BCUT2D eigenvalue weighted by Gasteiger charge is -2.08. The van der Waals surface area contributed by atoms with Gasteiger partial charge >= 0.3 is 0 Å². The molecule has 0 saturated carbocycles. The molecule has 0 bridgehead atoms. The molecule has 17 heavy (non-hydrogen) atoms. The zero-order valence-corrected chi connectivity index (χ0v) is 10.7. The van der Waals surface area contributed by atoms with Crippen molar-refractivity contribution in [3.8, 4) is 0 Å².